The number of benzene rings is 1. The third-order valence-electron chi connectivity index (χ3n) is 5.02. The third-order valence-corrected chi connectivity index (χ3v) is 8.33. The van der Waals surface area contributed by atoms with Gasteiger partial charge in [-0.05, 0) is 69.0 Å². The van der Waals surface area contributed by atoms with Crippen LogP contribution in [0.4, 0.5) is 10.5 Å². The summed E-state index contributed by atoms with van der Waals surface area (Å²) in [6.07, 6.45) is 1.23. The van der Waals surface area contributed by atoms with Crippen molar-refractivity contribution in [2.75, 3.05) is 18.4 Å². The van der Waals surface area contributed by atoms with Crippen molar-refractivity contribution in [2.24, 2.45) is 0 Å². The lowest BCUT2D eigenvalue weighted by molar-refractivity contribution is 0.193. The molecule has 6 nitrogen and oxygen atoms in total. The number of urea groups is 1. The Hall–Kier alpha value is -1.64. The van der Waals surface area contributed by atoms with E-state index < -0.39 is 14.8 Å². The van der Waals surface area contributed by atoms with Gasteiger partial charge < -0.3 is 10.2 Å². The van der Waals surface area contributed by atoms with Gasteiger partial charge in [0.2, 0.25) is 10.0 Å². The quantitative estimate of drug-likeness (QED) is 0.806. The maximum Gasteiger partial charge on any atom is 0.321 e. The van der Waals surface area contributed by atoms with Gasteiger partial charge >= 0.3 is 6.03 Å². The molecule has 1 aromatic carbocycles. The summed E-state index contributed by atoms with van der Waals surface area (Å²) in [7, 11) is -3.37. The zero-order valence-corrected chi connectivity index (χ0v) is 17.8. The number of likely N-dealkylation sites (tertiary alicyclic amines) is 1. The van der Waals surface area contributed by atoms with E-state index in [1.54, 1.807) is 37.0 Å². The number of amides is 2. The molecule has 0 aliphatic carbocycles. The molecule has 2 amide bonds. The Labute approximate surface area is 165 Å². The molecule has 8 heteroatoms. The Morgan fingerprint density at radius 3 is 2.48 bits per heavy atom. The zero-order chi connectivity index (χ0) is 19.8. The molecule has 3 rings (SSSR count). The number of aryl methyl sites for hydroxylation is 1. The fourth-order valence-electron chi connectivity index (χ4n) is 3.10. The summed E-state index contributed by atoms with van der Waals surface area (Å²) >= 11 is 1.67. The van der Waals surface area contributed by atoms with E-state index in [1.807, 2.05) is 24.4 Å². The number of piperidine rings is 1. The first kappa shape index (κ1) is 20.1. The lowest BCUT2D eigenvalue weighted by Gasteiger charge is -2.33. The predicted molar refractivity (Wildman–Crippen MR) is 112 cm³/mol. The minimum absolute atomic E-state index is 0.123. The summed E-state index contributed by atoms with van der Waals surface area (Å²) in [4.78, 5) is 14.4. The van der Waals surface area contributed by atoms with Crippen LogP contribution in [0, 0.1) is 6.92 Å². The van der Waals surface area contributed by atoms with Crippen LogP contribution in [0.15, 0.2) is 23.6 Å². The zero-order valence-electron chi connectivity index (χ0n) is 16.2. The van der Waals surface area contributed by atoms with Gasteiger partial charge in [0.1, 0.15) is 0 Å². The highest BCUT2D eigenvalue weighted by atomic mass is 32.2. The minimum Gasteiger partial charge on any atom is -0.324 e. The van der Waals surface area contributed by atoms with Gasteiger partial charge in [-0.2, -0.15) is 0 Å². The molecular formula is C19H27N3O3S2. The van der Waals surface area contributed by atoms with Gasteiger partial charge in [-0.25, -0.2) is 17.9 Å². The molecule has 0 unspecified atom stereocenters. The van der Waals surface area contributed by atoms with Crippen molar-refractivity contribution in [3.05, 3.63) is 29.1 Å². The number of fused-ring (bicyclic) bond motifs is 1. The van der Waals surface area contributed by atoms with Gasteiger partial charge in [-0.15, -0.1) is 11.3 Å². The number of hydrogen-bond donors (Lipinski definition) is 2. The number of anilines is 1. The molecule has 0 bridgehead atoms. The topological polar surface area (TPSA) is 78.5 Å². The van der Waals surface area contributed by atoms with Crippen molar-refractivity contribution in [2.45, 2.75) is 51.3 Å². The van der Waals surface area contributed by atoms with Gasteiger partial charge in [0.25, 0.3) is 0 Å². The summed E-state index contributed by atoms with van der Waals surface area (Å²) in [6.45, 7) is 8.13. The Morgan fingerprint density at radius 2 is 1.85 bits per heavy atom. The molecule has 148 valence electrons. The minimum atomic E-state index is -3.37. The summed E-state index contributed by atoms with van der Waals surface area (Å²) in [6, 6.07) is 5.77. The van der Waals surface area contributed by atoms with Crippen LogP contribution in [0.3, 0.4) is 0 Å². The summed E-state index contributed by atoms with van der Waals surface area (Å²) in [5, 5.41) is 6.24. The molecule has 0 spiro atoms. The number of carbonyl (C=O) groups excluding carboxylic acids is 1. The average Bonchev–Trinajstić information content (AvgIpc) is 3.06. The second-order valence-electron chi connectivity index (χ2n) is 8.00. The van der Waals surface area contributed by atoms with E-state index in [0.29, 0.717) is 25.9 Å². The molecule has 1 aliphatic heterocycles. The lowest BCUT2D eigenvalue weighted by atomic mass is 10.1. The monoisotopic (exact) mass is 409 g/mol. The Morgan fingerprint density at radius 1 is 1.19 bits per heavy atom. The Bertz CT molecular complexity index is 937. The first-order valence-electron chi connectivity index (χ1n) is 9.13. The molecule has 2 aromatic rings. The average molecular weight is 410 g/mol. The van der Waals surface area contributed by atoms with Crippen molar-refractivity contribution in [1.29, 1.82) is 0 Å². The number of carbonyl (C=O) groups is 1. The largest absolute Gasteiger partial charge is 0.324 e. The number of nitrogens with zero attached hydrogens (tertiary/aromatic N) is 1. The normalized spacial score (nSPS) is 16.7. The molecule has 1 aromatic heterocycles. The molecule has 1 saturated heterocycles. The fraction of sp³-hybridized carbons (Fsp3) is 0.526. The molecule has 1 fully saturated rings. The Kier molecular flexibility index (Phi) is 5.52. The van der Waals surface area contributed by atoms with Crippen molar-refractivity contribution in [1.82, 2.24) is 9.62 Å². The second-order valence-corrected chi connectivity index (χ2v) is 11.4. The number of thiophene rings is 1. The highest BCUT2D eigenvalue weighted by Crippen LogP contribution is 2.30. The van der Waals surface area contributed by atoms with Gasteiger partial charge in [-0.3, -0.25) is 0 Å². The van der Waals surface area contributed by atoms with E-state index in [4.69, 9.17) is 0 Å². The van der Waals surface area contributed by atoms with Crippen LogP contribution in [-0.2, 0) is 10.0 Å². The van der Waals surface area contributed by atoms with Crippen molar-refractivity contribution >= 4 is 43.2 Å². The molecule has 27 heavy (non-hydrogen) atoms. The predicted octanol–water partition coefficient (Wildman–Crippen LogP) is 3.92. The highest BCUT2D eigenvalue weighted by molar-refractivity contribution is 7.90. The van der Waals surface area contributed by atoms with Crippen molar-refractivity contribution in [3.63, 3.8) is 0 Å². The standard InChI is InChI=1S/C19H27N3O3S2/c1-13-16(6-5-14-9-12-26-17(13)14)20-18(23)22-10-7-15(8-11-22)21-27(24,25)19(2,3)4/h5-6,9,12,15,21H,7-8,10-11H2,1-4H3,(H,20,23). The summed E-state index contributed by atoms with van der Waals surface area (Å²) in [5.74, 6) is 0. The van der Waals surface area contributed by atoms with Crippen LogP contribution in [0.1, 0.15) is 39.2 Å². The van der Waals surface area contributed by atoms with E-state index in [2.05, 4.69) is 16.1 Å². The molecular weight excluding hydrogens is 382 g/mol. The molecule has 0 atom stereocenters. The van der Waals surface area contributed by atoms with E-state index in [9.17, 15) is 13.2 Å². The van der Waals surface area contributed by atoms with Gasteiger partial charge in [0.05, 0.1) is 4.75 Å². The van der Waals surface area contributed by atoms with Crippen LogP contribution in [0.2, 0.25) is 0 Å². The molecule has 0 saturated carbocycles. The first-order valence-corrected chi connectivity index (χ1v) is 11.5. The smallest absolute Gasteiger partial charge is 0.321 e. The Balaban J connectivity index is 1.59. The SMILES string of the molecule is Cc1c(NC(=O)N2CCC(NS(=O)(=O)C(C)(C)C)CC2)ccc2ccsc12. The van der Waals surface area contributed by atoms with Crippen molar-refractivity contribution < 1.29 is 13.2 Å². The third kappa shape index (κ3) is 4.28. The lowest BCUT2D eigenvalue weighted by Crippen LogP contribution is -2.50. The van der Waals surface area contributed by atoms with Gasteiger partial charge in [0.15, 0.2) is 0 Å². The van der Waals surface area contributed by atoms with Gasteiger partial charge in [-0.1, -0.05) is 6.07 Å². The number of hydrogen-bond acceptors (Lipinski definition) is 4. The highest BCUT2D eigenvalue weighted by Gasteiger charge is 2.33. The van der Waals surface area contributed by atoms with Crippen molar-refractivity contribution in [3.8, 4) is 0 Å². The maximum atomic E-state index is 12.6. The molecule has 2 heterocycles. The number of rotatable bonds is 3. The van der Waals surface area contributed by atoms with Crippen LogP contribution >= 0.6 is 11.3 Å². The van der Waals surface area contributed by atoms with E-state index in [1.165, 1.54) is 10.1 Å². The van der Waals surface area contributed by atoms with E-state index in [0.717, 1.165) is 11.3 Å². The molecule has 0 radical (unpaired) electrons. The first-order chi connectivity index (χ1) is 12.6. The number of sulfonamides is 1. The second kappa shape index (κ2) is 7.41. The maximum absolute atomic E-state index is 12.6. The van der Waals surface area contributed by atoms with E-state index >= 15 is 0 Å². The number of nitrogens with one attached hydrogen (secondary N) is 2. The summed E-state index contributed by atoms with van der Waals surface area (Å²) in [5.41, 5.74) is 1.90. The summed E-state index contributed by atoms with van der Waals surface area (Å²) < 4.78 is 27.7. The van der Waals surface area contributed by atoms with Crippen LogP contribution in [0.5, 0.6) is 0 Å². The fourth-order valence-corrected chi connectivity index (χ4v) is 5.04. The molecule has 2 N–H and O–H groups in total. The van der Waals surface area contributed by atoms with Crippen LogP contribution < -0.4 is 10.0 Å². The van der Waals surface area contributed by atoms with E-state index in [-0.39, 0.29) is 12.1 Å². The van der Waals surface area contributed by atoms with Crippen LogP contribution in [0.25, 0.3) is 10.1 Å². The van der Waals surface area contributed by atoms with Crippen LogP contribution in [-0.4, -0.2) is 43.2 Å². The molecule has 1 aliphatic rings. The van der Waals surface area contributed by atoms with Gasteiger partial charge in [0, 0.05) is 29.5 Å².